The first-order valence-electron chi connectivity index (χ1n) is 7.48. The lowest BCUT2D eigenvalue weighted by molar-refractivity contribution is -0.122. The van der Waals surface area contributed by atoms with Crippen molar-refractivity contribution in [1.82, 2.24) is 0 Å². The third-order valence-electron chi connectivity index (χ3n) is 4.38. The Labute approximate surface area is 124 Å². The standard InChI is InChI=1S/C16H20N2O3/c1-21-16(20)17-13-7-6-11-8-9-18(14(11)10-13)15(19)12-4-2-3-5-12/h6-7,10,12H,2-5,8-9H2,1H3,(H,17,20). The number of carbonyl (C=O) groups excluding carboxylic acids is 2. The molecule has 1 aromatic rings. The summed E-state index contributed by atoms with van der Waals surface area (Å²) in [5.41, 5.74) is 2.75. The molecule has 1 aliphatic heterocycles. The minimum atomic E-state index is -0.499. The fraction of sp³-hybridized carbons (Fsp3) is 0.500. The number of hydrogen-bond donors (Lipinski definition) is 1. The molecular weight excluding hydrogens is 268 g/mol. The number of amides is 2. The van der Waals surface area contributed by atoms with E-state index in [0.717, 1.165) is 49.9 Å². The number of anilines is 2. The van der Waals surface area contributed by atoms with Gasteiger partial charge in [0.15, 0.2) is 0 Å². The van der Waals surface area contributed by atoms with Crippen molar-refractivity contribution >= 4 is 23.4 Å². The van der Waals surface area contributed by atoms with Gasteiger partial charge in [0.1, 0.15) is 0 Å². The Hall–Kier alpha value is -2.04. The number of carbonyl (C=O) groups is 2. The zero-order valence-electron chi connectivity index (χ0n) is 12.2. The van der Waals surface area contributed by atoms with E-state index in [1.54, 1.807) is 0 Å². The average Bonchev–Trinajstić information content (AvgIpc) is 3.15. The first-order valence-corrected chi connectivity index (χ1v) is 7.48. The van der Waals surface area contributed by atoms with Gasteiger partial charge in [-0.3, -0.25) is 10.1 Å². The highest BCUT2D eigenvalue weighted by molar-refractivity contribution is 5.98. The maximum absolute atomic E-state index is 12.6. The smallest absolute Gasteiger partial charge is 0.411 e. The number of hydrogen-bond acceptors (Lipinski definition) is 3. The van der Waals surface area contributed by atoms with Crippen LogP contribution in [-0.4, -0.2) is 25.7 Å². The highest BCUT2D eigenvalue weighted by Crippen LogP contribution is 2.35. The lowest BCUT2D eigenvalue weighted by Crippen LogP contribution is -2.33. The number of methoxy groups -OCH3 is 1. The summed E-state index contributed by atoms with van der Waals surface area (Å²) in [5, 5.41) is 2.65. The van der Waals surface area contributed by atoms with Crippen LogP contribution in [0.15, 0.2) is 18.2 Å². The van der Waals surface area contributed by atoms with Gasteiger partial charge in [0.25, 0.3) is 0 Å². The quantitative estimate of drug-likeness (QED) is 0.910. The van der Waals surface area contributed by atoms with Crippen LogP contribution in [0, 0.1) is 5.92 Å². The molecule has 21 heavy (non-hydrogen) atoms. The van der Waals surface area contributed by atoms with Crippen LogP contribution in [0.2, 0.25) is 0 Å². The molecule has 0 atom stereocenters. The Morgan fingerprint density at radius 2 is 2.05 bits per heavy atom. The van der Waals surface area contributed by atoms with Crippen molar-refractivity contribution < 1.29 is 14.3 Å². The van der Waals surface area contributed by atoms with Crippen LogP contribution in [-0.2, 0) is 16.0 Å². The second-order valence-electron chi connectivity index (χ2n) is 5.68. The van der Waals surface area contributed by atoms with E-state index in [2.05, 4.69) is 10.1 Å². The molecule has 1 saturated carbocycles. The van der Waals surface area contributed by atoms with Crippen molar-refractivity contribution in [2.24, 2.45) is 5.92 Å². The van der Waals surface area contributed by atoms with Gasteiger partial charge < -0.3 is 9.64 Å². The van der Waals surface area contributed by atoms with Crippen LogP contribution in [0.25, 0.3) is 0 Å². The van der Waals surface area contributed by atoms with Gasteiger partial charge in [0.05, 0.1) is 7.11 Å². The Morgan fingerprint density at radius 1 is 1.29 bits per heavy atom. The van der Waals surface area contributed by atoms with Gasteiger partial charge in [-0.15, -0.1) is 0 Å². The lowest BCUT2D eigenvalue weighted by Gasteiger charge is -2.21. The molecule has 1 aliphatic carbocycles. The van der Waals surface area contributed by atoms with E-state index in [9.17, 15) is 9.59 Å². The molecule has 0 aromatic heterocycles. The van der Waals surface area contributed by atoms with Crippen LogP contribution in [0.1, 0.15) is 31.2 Å². The number of benzene rings is 1. The summed E-state index contributed by atoms with van der Waals surface area (Å²) in [6, 6.07) is 5.69. The normalized spacial score (nSPS) is 17.7. The molecule has 0 spiro atoms. The number of nitrogens with zero attached hydrogens (tertiary/aromatic N) is 1. The van der Waals surface area contributed by atoms with Crippen LogP contribution in [0.3, 0.4) is 0 Å². The number of rotatable bonds is 2. The highest BCUT2D eigenvalue weighted by atomic mass is 16.5. The van der Waals surface area contributed by atoms with Gasteiger partial charge in [0, 0.05) is 23.8 Å². The largest absolute Gasteiger partial charge is 0.453 e. The highest BCUT2D eigenvalue weighted by Gasteiger charge is 2.31. The predicted octanol–water partition coefficient (Wildman–Crippen LogP) is 2.94. The molecule has 1 N–H and O–H groups in total. The number of ether oxygens (including phenoxy) is 1. The third-order valence-corrected chi connectivity index (χ3v) is 4.38. The number of nitrogens with one attached hydrogen (secondary N) is 1. The summed E-state index contributed by atoms with van der Waals surface area (Å²) in [7, 11) is 1.33. The molecule has 5 heteroatoms. The first-order chi connectivity index (χ1) is 10.2. The fourth-order valence-electron chi connectivity index (χ4n) is 3.25. The molecule has 112 valence electrons. The minimum absolute atomic E-state index is 0.174. The van der Waals surface area contributed by atoms with Crippen molar-refractivity contribution in [3.63, 3.8) is 0 Å². The summed E-state index contributed by atoms with van der Waals surface area (Å²) in [6.07, 6.45) is 4.70. The molecule has 2 aliphatic rings. The molecule has 0 saturated heterocycles. The van der Waals surface area contributed by atoms with Crippen molar-refractivity contribution in [3.8, 4) is 0 Å². The fourth-order valence-corrected chi connectivity index (χ4v) is 3.25. The summed E-state index contributed by atoms with van der Waals surface area (Å²) in [6.45, 7) is 0.742. The summed E-state index contributed by atoms with van der Waals surface area (Å²) < 4.78 is 4.60. The average molecular weight is 288 g/mol. The van der Waals surface area contributed by atoms with Gasteiger partial charge in [-0.05, 0) is 37.0 Å². The van der Waals surface area contributed by atoms with E-state index >= 15 is 0 Å². The maximum atomic E-state index is 12.6. The van der Waals surface area contributed by atoms with Crippen LogP contribution < -0.4 is 10.2 Å². The van der Waals surface area contributed by atoms with Gasteiger partial charge in [-0.2, -0.15) is 0 Å². The monoisotopic (exact) mass is 288 g/mol. The van der Waals surface area contributed by atoms with Crippen LogP contribution in [0.4, 0.5) is 16.2 Å². The van der Waals surface area contributed by atoms with Crippen molar-refractivity contribution in [3.05, 3.63) is 23.8 Å². The van der Waals surface area contributed by atoms with Crippen LogP contribution in [0.5, 0.6) is 0 Å². The lowest BCUT2D eigenvalue weighted by atomic mass is 10.1. The van der Waals surface area contributed by atoms with E-state index < -0.39 is 6.09 Å². The van der Waals surface area contributed by atoms with Gasteiger partial charge in [-0.25, -0.2) is 4.79 Å². The van der Waals surface area contributed by atoms with E-state index in [4.69, 9.17) is 0 Å². The maximum Gasteiger partial charge on any atom is 0.411 e. The molecule has 2 amide bonds. The van der Waals surface area contributed by atoms with E-state index in [1.807, 2.05) is 23.1 Å². The molecule has 1 heterocycles. The Kier molecular flexibility index (Phi) is 3.82. The molecule has 1 fully saturated rings. The molecule has 0 radical (unpaired) electrons. The SMILES string of the molecule is COC(=O)Nc1ccc2c(c1)N(C(=O)C1CCCC1)CC2. The molecule has 0 unspecified atom stereocenters. The Morgan fingerprint density at radius 3 is 2.76 bits per heavy atom. The minimum Gasteiger partial charge on any atom is -0.453 e. The van der Waals surface area contributed by atoms with Gasteiger partial charge >= 0.3 is 6.09 Å². The molecular formula is C16H20N2O3. The van der Waals surface area contributed by atoms with Crippen molar-refractivity contribution in [2.45, 2.75) is 32.1 Å². The first kappa shape index (κ1) is 13.9. The Balaban J connectivity index is 1.81. The molecule has 5 nitrogen and oxygen atoms in total. The Bertz CT molecular complexity index is 565. The molecule has 1 aromatic carbocycles. The second-order valence-corrected chi connectivity index (χ2v) is 5.68. The van der Waals surface area contributed by atoms with Gasteiger partial charge in [0.2, 0.25) is 5.91 Å². The third kappa shape index (κ3) is 2.73. The number of fused-ring (bicyclic) bond motifs is 1. The molecule has 3 rings (SSSR count). The van der Waals surface area contributed by atoms with Crippen molar-refractivity contribution in [1.29, 1.82) is 0 Å². The van der Waals surface area contributed by atoms with E-state index in [-0.39, 0.29) is 11.8 Å². The van der Waals surface area contributed by atoms with E-state index in [0.29, 0.717) is 5.69 Å². The van der Waals surface area contributed by atoms with E-state index in [1.165, 1.54) is 7.11 Å². The summed E-state index contributed by atoms with van der Waals surface area (Å²) >= 11 is 0. The second kappa shape index (κ2) is 5.76. The predicted molar refractivity (Wildman–Crippen MR) is 80.5 cm³/mol. The summed E-state index contributed by atoms with van der Waals surface area (Å²) in [4.78, 5) is 25.8. The zero-order valence-corrected chi connectivity index (χ0v) is 12.2. The zero-order chi connectivity index (χ0) is 14.8. The summed E-state index contributed by atoms with van der Waals surface area (Å²) in [5.74, 6) is 0.412. The topological polar surface area (TPSA) is 58.6 Å². The van der Waals surface area contributed by atoms with Crippen LogP contribution >= 0.6 is 0 Å². The van der Waals surface area contributed by atoms with Crippen molar-refractivity contribution in [2.75, 3.05) is 23.9 Å². The van der Waals surface area contributed by atoms with Gasteiger partial charge in [-0.1, -0.05) is 18.9 Å². The molecule has 0 bridgehead atoms.